The van der Waals surface area contributed by atoms with Crippen molar-refractivity contribution in [1.82, 2.24) is 0 Å². The van der Waals surface area contributed by atoms with Crippen molar-refractivity contribution in [2.75, 3.05) is 13.2 Å². The number of rotatable bonds is 10. The molecule has 0 radical (unpaired) electrons. The molecule has 0 bridgehead atoms. The van der Waals surface area contributed by atoms with Gasteiger partial charge in [0.15, 0.2) is 14.1 Å². The third kappa shape index (κ3) is 5.97. The summed E-state index contributed by atoms with van der Waals surface area (Å²) in [5, 5.41) is 31.4. The van der Waals surface area contributed by atoms with Gasteiger partial charge in [-0.3, -0.25) is 4.79 Å². The summed E-state index contributed by atoms with van der Waals surface area (Å²) in [4.78, 5) is 13.7. The van der Waals surface area contributed by atoms with Crippen LogP contribution >= 0.6 is 0 Å². The first-order chi connectivity index (χ1) is 15.1. The van der Waals surface area contributed by atoms with Gasteiger partial charge in [-0.25, -0.2) is 0 Å². The predicted molar refractivity (Wildman–Crippen MR) is 130 cm³/mol. The first kappa shape index (κ1) is 28.6. The van der Waals surface area contributed by atoms with Crippen molar-refractivity contribution < 1.29 is 34.0 Å². The van der Waals surface area contributed by atoms with Gasteiger partial charge in [-0.1, -0.05) is 46.8 Å². The second-order valence-electron chi connectivity index (χ2n) is 11.6. The molecule has 7 nitrogen and oxygen atoms in total. The largest absolute Gasteiger partial charge is 0.410 e. The van der Waals surface area contributed by atoms with Crippen molar-refractivity contribution in [2.24, 2.45) is 17.8 Å². The summed E-state index contributed by atoms with van der Waals surface area (Å²) >= 11 is 0. The highest BCUT2D eigenvalue weighted by atomic mass is 28.4. The number of carbonyl (C=O) groups is 1. The van der Waals surface area contributed by atoms with Gasteiger partial charge in [0, 0.05) is 12.3 Å². The molecule has 2 aliphatic rings. The number of epoxide rings is 1. The highest BCUT2D eigenvalue weighted by Gasteiger charge is 2.64. The van der Waals surface area contributed by atoms with E-state index in [2.05, 4.69) is 46.9 Å². The van der Waals surface area contributed by atoms with Crippen molar-refractivity contribution in [1.29, 1.82) is 0 Å². The van der Waals surface area contributed by atoms with Gasteiger partial charge >= 0.3 is 0 Å². The van der Waals surface area contributed by atoms with Crippen molar-refractivity contribution in [3.63, 3.8) is 0 Å². The van der Waals surface area contributed by atoms with Gasteiger partial charge in [0.05, 0.1) is 43.4 Å². The Kier molecular flexibility index (Phi) is 8.82. The zero-order chi connectivity index (χ0) is 25.4. The third-order valence-electron chi connectivity index (χ3n) is 8.02. The van der Waals surface area contributed by atoms with E-state index >= 15 is 0 Å². The first-order valence-corrected chi connectivity index (χ1v) is 15.1. The van der Waals surface area contributed by atoms with E-state index < -0.39 is 50.4 Å². The zero-order valence-corrected chi connectivity index (χ0v) is 22.9. The second-order valence-corrected chi connectivity index (χ2v) is 16.3. The zero-order valence-electron chi connectivity index (χ0n) is 21.9. The van der Waals surface area contributed by atoms with Crippen LogP contribution in [0.15, 0.2) is 12.2 Å². The summed E-state index contributed by atoms with van der Waals surface area (Å²) in [6, 6.07) is 0. The molecule has 1 unspecified atom stereocenters. The molecule has 2 rings (SSSR count). The average molecular weight is 487 g/mol. The molecule has 2 saturated heterocycles. The summed E-state index contributed by atoms with van der Waals surface area (Å²) in [7, 11) is -2.34. The van der Waals surface area contributed by atoms with Gasteiger partial charge in [-0.15, -0.1) is 0 Å². The Morgan fingerprint density at radius 1 is 1.33 bits per heavy atom. The summed E-state index contributed by atoms with van der Waals surface area (Å²) in [6.07, 6.45) is 2.48. The maximum absolute atomic E-state index is 13.7. The van der Waals surface area contributed by atoms with Crippen molar-refractivity contribution in [2.45, 2.75) is 109 Å². The van der Waals surface area contributed by atoms with Crippen LogP contribution in [0, 0.1) is 17.8 Å². The Hall–Kier alpha value is -0.613. The quantitative estimate of drug-likeness (QED) is 0.247. The molecule has 3 N–H and O–H groups in total. The number of aliphatic hydroxyl groups is 3. The molecule has 0 aromatic rings. The van der Waals surface area contributed by atoms with E-state index in [0.717, 1.165) is 0 Å². The molecule has 8 heteroatoms. The van der Waals surface area contributed by atoms with Crippen molar-refractivity contribution in [3.8, 4) is 0 Å². The lowest BCUT2D eigenvalue weighted by molar-refractivity contribution is -0.258. The predicted octanol–water partition coefficient (Wildman–Crippen LogP) is 3.42. The van der Waals surface area contributed by atoms with Crippen LogP contribution in [0.1, 0.15) is 61.3 Å². The van der Waals surface area contributed by atoms with Crippen LogP contribution in [0.5, 0.6) is 0 Å². The highest BCUT2D eigenvalue weighted by Crippen LogP contribution is 2.51. The second kappa shape index (κ2) is 10.2. The Labute approximate surface area is 200 Å². The highest BCUT2D eigenvalue weighted by molar-refractivity contribution is 6.74. The Bertz CT molecular complexity index is 718. The molecule has 0 aromatic carbocycles. The third-order valence-corrected chi connectivity index (χ3v) is 12.5. The lowest BCUT2D eigenvalue weighted by Gasteiger charge is -2.44. The van der Waals surface area contributed by atoms with E-state index in [4.69, 9.17) is 13.9 Å². The van der Waals surface area contributed by atoms with Crippen LogP contribution in [-0.2, 0) is 18.7 Å². The normalized spacial score (nSPS) is 35.9. The maximum Gasteiger partial charge on any atom is 0.192 e. The topological polar surface area (TPSA) is 109 Å². The maximum atomic E-state index is 13.7. The van der Waals surface area contributed by atoms with Crippen LogP contribution in [0.3, 0.4) is 0 Å². The SMILES string of the molecule is C/C=C\[C@H](C)[C@H]1O[C@]1(C)[C@@H](O[Si](C)(C)C(C)(C)C)[C@@H](CO)C(=O)[C@H]1COC(O)(CC)C[C@H]1O. The standard InChI is InChI=1S/C25H46O7Si/c1-10-12-16(3)21-24(7,31-21)22(32-33(8,9)23(4,5)6)17(14-26)20(28)18-15-30-25(29,11-2)13-19(18)27/h10,12,16-19,21-22,26-27,29H,11,13-15H2,1-9H3/b12-10-/t16-,17-,18-,19+,21+,22-,24-,25?/m0/s1. The molecule has 2 aliphatic heterocycles. The number of carbonyl (C=O) groups excluding carboxylic acids is 1. The molecule has 0 amide bonds. The van der Waals surface area contributed by atoms with E-state index in [1.165, 1.54) is 0 Å². The van der Waals surface area contributed by atoms with Gasteiger partial charge in [0.1, 0.15) is 11.4 Å². The number of hydrogen-bond donors (Lipinski definition) is 3. The van der Waals surface area contributed by atoms with Gasteiger partial charge in [0.25, 0.3) is 0 Å². The molecular weight excluding hydrogens is 440 g/mol. The molecule has 33 heavy (non-hydrogen) atoms. The van der Waals surface area contributed by atoms with E-state index in [1.807, 2.05) is 19.9 Å². The van der Waals surface area contributed by atoms with Crippen LogP contribution in [0.25, 0.3) is 0 Å². The number of Topliss-reactive ketones (excluding diaryl/α,β-unsaturated/α-hetero) is 1. The Morgan fingerprint density at radius 3 is 2.39 bits per heavy atom. The first-order valence-electron chi connectivity index (χ1n) is 12.2. The van der Waals surface area contributed by atoms with E-state index in [1.54, 1.807) is 6.92 Å². The monoisotopic (exact) mass is 486 g/mol. The summed E-state index contributed by atoms with van der Waals surface area (Å²) in [6.45, 7) is 17.9. The number of aliphatic hydroxyl groups excluding tert-OH is 2. The number of ketones is 1. The fourth-order valence-electron chi connectivity index (χ4n) is 4.61. The minimum atomic E-state index is -2.34. The summed E-state index contributed by atoms with van der Waals surface area (Å²) < 4.78 is 18.5. The van der Waals surface area contributed by atoms with Gasteiger partial charge < -0.3 is 29.2 Å². The lowest BCUT2D eigenvalue weighted by Crippen LogP contribution is -2.56. The molecule has 0 saturated carbocycles. The van der Waals surface area contributed by atoms with Crippen LogP contribution in [0.4, 0.5) is 0 Å². The van der Waals surface area contributed by atoms with Crippen LogP contribution in [0.2, 0.25) is 18.1 Å². The van der Waals surface area contributed by atoms with Crippen molar-refractivity contribution >= 4 is 14.1 Å². The van der Waals surface area contributed by atoms with Crippen LogP contribution in [-0.4, -0.2) is 72.3 Å². The molecule has 0 aromatic heterocycles. The molecule has 0 spiro atoms. The van der Waals surface area contributed by atoms with Crippen molar-refractivity contribution in [3.05, 3.63) is 12.2 Å². The fraction of sp³-hybridized carbons (Fsp3) is 0.880. The minimum absolute atomic E-state index is 0.0411. The average Bonchev–Trinajstić information content (AvgIpc) is 3.40. The minimum Gasteiger partial charge on any atom is -0.410 e. The fourth-order valence-corrected chi connectivity index (χ4v) is 5.99. The van der Waals surface area contributed by atoms with Gasteiger partial charge in [0.2, 0.25) is 0 Å². The molecule has 2 heterocycles. The van der Waals surface area contributed by atoms with E-state index in [9.17, 15) is 20.1 Å². The van der Waals surface area contributed by atoms with Crippen LogP contribution < -0.4 is 0 Å². The number of allylic oxidation sites excluding steroid dienone is 1. The molecule has 8 atom stereocenters. The van der Waals surface area contributed by atoms with Gasteiger partial charge in [-0.05, 0) is 38.4 Å². The van der Waals surface area contributed by atoms with E-state index in [-0.39, 0.29) is 35.9 Å². The number of ether oxygens (including phenoxy) is 2. The molecule has 192 valence electrons. The van der Waals surface area contributed by atoms with Gasteiger partial charge in [-0.2, -0.15) is 0 Å². The molecule has 0 aliphatic carbocycles. The lowest BCUT2D eigenvalue weighted by atomic mass is 9.78. The number of hydrogen-bond acceptors (Lipinski definition) is 7. The molecular formula is C25H46O7Si. The van der Waals surface area contributed by atoms with E-state index in [0.29, 0.717) is 6.42 Å². The smallest absolute Gasteiger partial charge is 0.192 e. The Balaban J connectivity index is 2.37. The summed E-state index contributed by atoms with van der Waals surface area (Å²) in [5.74, 6) is -3.32. The summed E-state index contributed by atoms with van der Waals surface area (Å²) in [5.41, 5.74) is -0.734. The Morgan fingerprint density at radius 2 is 1.94 bits per heavy atom. The molecule has 2 fully saturated rings.